The standard InChI is InChI=1S/C10H16F3N5O/c1-9(2,19-3)5-15-6-4-7(18-14)17-8(16-6)10(11,12)13/h4H,5,14H2,1-3H3,(H2,15,16,17,18). The molecule has 0 saturated heterocycles. The van der Waals surface area contributed by atoms with Crippen LogP contribution in [0.4, 0.5) is 24.8 Å². The summed E-state index contributed by atoms with van der Waals surface area (Å²) in [6.07, 6.45) is -4.64. The van der Waals surface area contributed by atoms with Gasteiger partial charge in [-0.25, -0.2) is 15.8 Å². The third-order valence-corrected chi connectivity index (χ3v) is 2.38. The van der Waals surface area contributed by atoms with Crippen molar-refractivity contribution in [3.63, 3.8) is 0 Å². The highest BCUT2D eigenvalue weighted by Crippen LogP contribution is 2.28. The van der Waals surface area contributed by atoms with Crippen LogP contribution in [0.1, 0.15) is 19.7 Å². The molecule has 1 aromatic heterocycles. The van der Waals surface area contributed by atoms with Gasteiger partial charge < -0.3 is 15.5 Å². The minimum absolute atomic E-state index is 0.0143. The predicted octanol–water partition coefficient (Wildman–Crippen LogP) is 1.62. The first-order valence-corrected chi connectivity index (χ1v) is 5.40. The van der Waals surface area contributed by atoms with Crippen LogP contribution in [-0.2, 0) is 10.9 Å². The van der Waals surface area contributed by atoms with Gasteiger partial charge in [0, 0.05) is 19.7 Å². The first-order chi connectivity index (χ1) is 8.68. The van der Waals surface area contributed by atoms with E-state index in [-0.39, 0.29) is 18.2 Å². The quantitative estimate of drug-likeness (QED) is 0.561. The second-order valence-electron chi connectivity index (χ2n) is 4.42. The number of nitrogens with zero attached hydrogens (tertiary/aromatic N) is 2. The van der Waals surface area contributed by atoms with Crippen LogP contribution in [0, 0.1) is 0 Å². The summed E-state index contributed by atoms with van der Waals surface area (Å²) in [7, 11) is 1.51. The Morgan fingerprint density at radius 1 is 1.26 bits per heavy atom. The summed E-state index contributed by atoms with van der Waals surface area (Å²) in [6, 6.07) is 1.28. The topological polar surface area (TPSA) is 85.1 Å². The number of alkyl halides is 3. The molecule has 0 fully saturated rings. The van der Waals surface area contributed by atoms with Crippen LogP contribution in [0.5, 0.6) is 0 Å². The molecule has 0 atom stereocenters. The summed E-state index contributed by atoms with van der Waals surface area (Å²) in [4.78, 5) is 6.64. The van der Waals surface area contributed by atoms with E-state index in [1.165, 1.54) is 13.2 Å². The van der Waals surface area contributed by atoms with E-state index >= 15 is 0 Å². The van der Waals surface area contributed by atoms with Crippen LogP contribution in [0.15, 0.2) is 6.07 Å². The maximum atomic E-state index is 12.6. The lowest BCUT2D eigenvalue weighted by molar-refractivity contribution is -0.144. The van der Waals surface area contributed by atoms with Crippen molar-refractivity contribution in [2.75, 3.05) is 24.4 Å². The van der Waals surface area contributed by atoms with Gasteiger partial charge in [-0.1, -0.05) is 0 Å². The highest BCUT2D eigenvalue weighted by molar-refractivity contribution is 5.47. The Balaban J connectivity index is 2.95. The van der Waals surface area contributed by atoms with Crippen molar-refractivity contribution >= 4 is 11.6 Å². The summed E-state index contributed by atoms with van der Waals surface area (Å²) in [5, 5.41) is 2.75. The van der Waals surface area contributed by atoms with Crippen LogP contribution in [0.3, 0.4) is 0 Å². The summed E-state index contributed by atoms with van der Waals surface area (Å²) in [6.45, 7) is 3.85. The molecule has 1 heterocycles. The number of halogens is 3. The van der Waals surface area contributed by atoms with E-state index in [4.69, 9.17) is 10.6 Å². The molecular weight excluding hydrogens is 263 g/mol. The summed E-state index contributed by atoms with van der Waals surface area (Å²) < 4.78 is 42.9. The maximum absolute atomic E-state index is 12.6. The van der Waals surface area contributed by atoms with E-state index in [0.29, 0.717) is 0 Å². The zero-order valence-electron chi connectivity index (χ0n) is 10.8. The molecule has 0 saturated carbocycles. The molecule has 1 rings (SSSR count). The average molecular weight is 279 g/mol. The summed E-state index contributed by atoms with van der Waals surface area (Å²) >= 11 is 0. The Hall–Kier alpha value is -1.61. The van der Waals surface area contributed by atoms with Crippen LogP contribution in [0.2, 0.25) is 0 Å². The minimum atomic E-state index is -4.64. The van der Waals surface area contributed by atoms with E-state index in [1.807, 2.05) is 0 Å². The number of hydrogen-bond acceptors (Lipinski definition) is 6. The highest BCUT2D eigenvalue weighted by atomic mass is 19.4. The molecule has 0 aliphatic carbocycles. The molecule has 19 heavy (non-hydrogen) atoms. The molecule has 1 aromatic rings. The molecule has 0 aliphatic rings. The third kappa shape index (κ3) is 4.52. The van der Waals surface area contributed by atoms with Gasteiger partial charge in [0.25, 0.3) is 0 Å². The summed E-state index contributed by atoms with van der Waals surface area (Å²) in [5.41, 5.74) is 1.53. The lowest BCUT2D eigenvalue weighted by Gasteiger charge is -2.23. The predicted molar refractivity (Wildman–Crippen MR) is 64.4 cm³/mol. The molecule has 6 nitrogen and oxygen atoms in total. The van der Waals surface area contributed by atoms with E-state index in [2.05, 4.69) is 20.7 Å². The SMILES string of the molecule is COC(C)(C)CNc1cc(NN)nc(C(F)(F)F)n1. The molecule has 0 radical (unpaired) electrons. The van der Waals surface area contributed by atoms with Crippen molar-refractivity contribution in [2.45, 2.75) is 25.6 Å². The molecule has 0 bridgehead atoms. The number of nitrogens with two attached hydrogens (primary N) is 1. The Kier molecular flexibility index (Phi) is 4.53. The largest absolute Gasteiger partial charge is 0.451 e. The molecular formula is C10H16F3N5O. The van der Waals surface area contributed by atoms with Crippen LogP contribution >= 0.6 is 0 Å². The molecule has 0 aromatic carbocycles. The third-order valence-electron chi connectivity index (χ3n) is 2.38. The van der Waals surface area contributed by atoms with Gasteiger partial charge in [0.05, 0.1) is 5.60 Å². The van der Waals surface area contributed by atoms with Crippen molar-refractivity contribution in [2.24, 2.45) is 5.84 Å². The average Bonchev–Trinajstić information content (AvgIpc) is 2.35. The van der Waals surface area contributed by atoms with Crippen LogP contribution in [0.25, 0.3) is 0 Å². The first kappa shape index (κ1) is 15.4. The maximum Gasteiger partial charge on any atom is 0.451 e. The Labute approximate surface area is 108 Å². The second-order valence-corrected chi connectivity index (χ2v) is 4.42. The number of anilines is 2. The van der Waals surface area contributed by atoms with Crippen LogP contribution in [-0.4, -0.2) is 29.2 Å². The second kappa shape index (κ2) is 5.57. The highest BCUT2D eigenvalue weighted by Gasteiger charge is 2.35. The van der Waals surface area contributed by atoms with Gasteiger partial charge in [0.15, 0.2) is 0 Å². The normalized spacial score (nSPS) is 12.4. The van der Waals surface area contributed by atoms with Gasteiger partial charge in [-0.3, -0.25) is 0 Å². The minimum Gasteiger partial charge on any atom is -0.377 e. The van der Waals surface area contributed by atoms with E-state index in [9.17, 15) is 13.2 Å². The molecule has 0 aliphatic heterocycles. The molecule has 108 valence electrons. The van der Waals surface area contributed by atoms with Gasteiger partial charge in [-0.05, 0) is 13.8 Å². The van der Waals surface area contributed by atoms with Crippen molar-refractivity contribution in [1.82, 2.24) is 9.97 Å². The number of ether oxygens (including phenoxy) is 1. The molecule has 9 heteroatoms. The van der Waals surface area contributed by atoms with Crippen molar-refractivity contribution in [3.05, 3.63) is 11.9 Å². The monoisotopic (exact) mass is 279 g/mol. The fourth-order valence-corrected chi connectivity index (χ4v) is 1.11. The van der Waals surface area contributed by atoms with Crippen molar-refractivity contribution < 1.29 is 17.9 Å². The summed E-state index contributed by atoms with van der Waals surface area (Å²) in [5.74, 6) is 3.70. The van der Waals surface area contributed by atoms with Crippen molar-refractivity contribution in [3.8, 4) is 0 Å². The lowest BCUT2D eigenvalue weighted by atomic mass is 10.1. The molecule has 0 amide bonds. The lowest BCUT2D eigenvalue weighted by Crippen LogP contribution is -2.32. The number of nitrogens with one attached hydrogen (secondary N) is 2. The number of hydrogen-bond donors (Lipinski definition) is 3. The van der Waals surface area contributed by atoms with E-state index < -0.39 is 17.6 Å². The molecule has 0 spiro atoms. The van der Waals surface area contributed by atoms with Crippen LogP contribution < -0.4 is 16.6 Å². The van der Waals surface area contributed by atoms with Gasteiger partial charge >= 0.3 is 6.18 Å². The smallest absolute Gasteiger partial charge is 0.377 e. The number of hydrazine groups is 1. The zero-order valence-corrected chi connectivity index (χ0v) is 10.8. The Morgan fingerprint density at radius 3 is 2.32 bits per heavy atom. The fourth-order valence-electron chi connectivity index (χ4n) is 1.11. The first-order valence-electron chi connectivity index (χ1n) is 5.40. The number of methoxy groups -OCH3 is 1. The van der Waals surface area contributed by atoms with Gasteiger partial charge in [-0.15, -0.1) is 0 Å². The number of rotatable bonds is 5. The fraction of sp³-hybridized carbons (Fsp3) is 0.600. The van der Waals surface area contributed by atoms with E-state index in [1.54, 1.807) is 13.8 Å². The molecule has 4 N–H and O–H groups in total. The zero-order chi connectivity index (χ0) is 14.7. The van der Waals surface area contributed by atoms with Gasteiger partial charge in [0.1, 0.15) is 11.6 Å². The number of nitrogen functional groups attached to an aromatic ring is 1. The van der Waals surface area contributed by atoms with Gasteiger partial charge in [-0.2, -0.15) is 13.2 Å². The van der Waals surface area contributed by atoms with Gasteiger partial charge in [0.2, 0.25) is 5.82 Å². The van der Waals surface area contributed by atoms with E-state index in [0.717, 1.165) is 0 Å². The Bertz CT molecular complexity index is 436. The molecule has 0 unspecified atom stereocenters. The Morgan fingerprint density at radius 2 is 1.84 bits per heavy atom. The number of aromatic nitrogens is 2. The van der Waals surface area contributed by atoms with Crippen molar-refractivity contribution in [1.29, 1.82) is 0 Å².